The number of aryl methyl sites for hydroxylation is 2. The fourth-order valence-corrected chi connectivity index (χ4v) is 4.81. The molecule has 0 aliphatic rings. The highest BCUT2D eigenvalue weighted by atomic mass is 32.1. The van der Waals surface area contributed by atoms with E-state index in [1.54, 1.807) is 11.3 Å². The van der Waals surface area contributed by atoms with Crippen LogP contribution in [0.1, 0.15) is 28.8 Å². The second kappa shape index (κ2) is 8.31. The summed E-state index contributed by atoms with van der Waals surface area (Å²) in [4.78, 5) is 24.2. The number of H-pyrrole nitrogens is 1. The van der Waals surface area contributed by atoms with Gasteiger partial charge in [-0.3, -0.25) is 4.79 Å². The Morgan fingerprint density at radius 1 is 1.00 bits per heavy atom. The molecule has 4 aromatic rings. The van der Waals surface area contributed by atoms with E-state index >= 15 is 0 Å². The van der Waals surface area contributed by atoms with Crippen molar-refractivity contribution in [2.45, 2.75) is 33.9 Å². The zero-order valence-electron chi connectivity index (χ0n) is 17.1. The minimum atomic E-state index is -0.0416. The lowest BCUT2D eigenvalue weighted by atomic mass is 10.0. The van der Waals surface area contributed by atoms with Crippen LogP contribution in [0.5, 0.6) is 0 Å². The van der Waals surface area contributed by atoms with Gasteiger partial charge in [0.1, 0.15) is 17.9 Å². The molecule has 0 aliphatic heterocycles. The number of hydrogen-bond acceptors (Lipinski definition) is 3. The van der Waals surface area contributed by atoms with Gasteiger partial charge in [-0.05, 0) is 26.3 Å². The Labute approximate surface area is 174 Å². The highest BCUT2D eigenvalue weighted by Gasteiger charge is 2.18. The Balaban J connectivity index is 1.67. The van der Waals surface area contributed by atoms with Gasteiger partial charge in [0, 0.05) is 16.0 Å². The van der Waals surface area contributed by atoms with Gasteiger partial charge in [-0.1, -0.05) is 60.2 Å². The molecule has 0 bridgehead atoms. The number of hydrogen-bond donors (Lipinski definition) is 2. The Hall–Kier alpha value is -2.76. The van der Waals surface area contributed by atoms with Gasteiger partial charge in [0.25, 0.3) is 5.56 Å². The summed E-state index contributed by atoms with van der Waals surface area (Å²) < 4.78 is 0. The van der Waals surface area contributed by atoms with Crippen molar-refractivity contribution in [1.29, 1.82) is 0 Å². The summed E-state index contributed by atoms with van der Waals surface area (Å²) in [7, 11) is 0. The Bertz CT molecular complexity index is 1180. The minimum Gasteiger partial charge on any atom is -0.325 e. The molecule has 0 spiro atoms. The van der Waals surface area contributed by atoms with E-state index in [9.17, 15) is 4.79 Å². The number of rotatable bonds is 6. The van der Waals surface area contributed by atoms with E-state index in [1.807, 2.05) is 6.07 Å². The maximum atomic E-state index is 13.0. The van der Waals surface area contributed by atoms with Gasteiger partial charge in [-0.2, -0.15) is 0 Å². The van der Waals surface area contributed by atoms with E-state index in [0.717, 1.165) is 39.7 Å². The summed E-state index contributed by atoms with van der Waals surface area (Å²) in [5, 5.41) is 0.709. The highest BCUT2D eigenvalue weighted by Crippen LogP contribution is 2.35. The molecular weight excluding hydrogens is 378 g/mol. The van der Waals surface area contributed by atoms with Crippen molar-refractivity contribution in [3.8, 4) is 11.1 Å². The number of nitrogens with one attached hydrogen (secondary N) is 2. The summed E-state index contributed by atoms with van der Waals surface area (Å²) in [6.45, 7) is 8.89. The van der Waals surface area contributed by atoms with Gasteiger partial charge in [0.05, 0.1) is 11.9 Å². The predicted molar refractivity (Wildman–Crippen MR) is 121 cm³/mol. The normalized spacial score (nSPS) is 12.4. The third-order valence-corrected chi connectivity index (χ3v) is 6.34. The largest absolute Gasteiger partial charge is 0.325 e. The fourth-order valence-electron chi connectivity index (χ4n) is 3.75. The quantitative estimate of drug-likeness (QED) is 0.512. The summed E-state index contributed by atoms with van der Waals surface area (Å²) in [6, 6.07) is 18.8. The second-order valence-corrected chi connectivity index (χ2v) is 8.74. The van der Waals surface area contributed by atoms with Gasteiger partial charge < -0.3 is 9.88 Å². The molecule has 0 saturated heterocycles. The van der Waals surface area contributed by atoms with E-state index in [1.165, 1.54) is 16.0 Å². The van der Waals surface area contributed by atoms with Crippen molar-refractivity contribution in [3.05, 3.63) is 86.8 Å². The predicted octanol–water partition coefficient (Wildman–Crippen LogP) is 3.87. The SMILES string of the molecule is CC[NH+](Cc1ccccc1)Cc1nc2sc(C)c(-c3ccc(C)cc3)c2c(=O)[nH]1. The van der Waals surface area contributed by atoms with Gasteiger partial charge in [-0.25, -0.2) is 4.98 Å². The van der Waals surface area contributed by atoms with Crippen molar-refractivity contribution in [2.24, 2.45) is 0 Å². The standard InChI is InChI=1S/C24H25N3OS/c1-4-27(14-18-8-6-5-7-9-18)15-20-25-23(28)22-21(17(3)29-24(22)26-20)19-12-10-16(2)11-13-19/h5-13H,4,14-15H2,1-3H3,(H,25,26,28)/p+1. The van der Waals surface area contributed by atoms with Crippen LogP contribution in [0.25, 0.3) is 21.3 Å². The minimum absolute atomic E-state index is 0.0416. The van der Waals surface area contributed by atoms with Gasteiger partial charge in [-0.15, -0.1) is 11.3 Å². The molecule has 4 rings (SSSR count). The first-order chi connectivity index (χ1) is 14.0. The molecule has 0 fully saturated rings. The van der Waals surface area contributed by atoms with E-state index < -0.39 is 0 Å². The van der Waals surface area contributed by atoms with Crippen LogP contribution in [0, 0.1) is 13.8 Å². The molecule has 0 saturated carbocycles. The molecule has 2 aromatic heterocycles. The number of thiophene rings is 1. The molecular formula is C24H26N3OS+. The Morgan fingerprint density at radius 3 is 2.41 bits per heavy atom. The second-order valence-electron chi connectivity index (χ2n) is 7.53. The van der Waals surface area contributed by atoms with Crippen LogP contribution in [0.15, 0.2) is 59.4 Å². The Kier molecular flexibility index (Phi) is 5.60. The van der Waals surface area contributed by atoms with Crippen LogP contribution in [-0.2, 0) is 13.1 Å². The van der Waals surface area contributed by atoms with E-state index in [4.69, 9.17) is 4.98 Å². The third-order valence-electron chi connectivity index (χ3n) is 5.34. The van der Waals surface area contributed by atoms with Crippen molar-refractivity contribution in [1.82, 2.24) is 9.97 Å². The van der Waals surface area contributed by atoms with Gasteiger partial charge in [0.2, 0.25) is 0 Å². The molecule has 29 heavy (non-hydrogen) atoms. The number of quaternary nitrogens is 1. The molecule has 148 valence electrons. The molecule has 0 aliphatic carbocycles. The van der Waals surface area contributed by atoms with Crippen molar-refractivity contribution in [2.75, 3.05) is 6.54 Å². The average Bonchev–Trinajstić information content (AvgIpc) is 3.05. The van der Waals surface area contributed by atoms with Gasteiger partial charge in [0.15, 0.2) is 5.82 Å². The smallest absolute Gasteiger partial charge is 0.260 e. The monoisotopic (exact) mass is 404 g/mol. The molecule has 2 aromatic carbocycles. The molecule has 2 heterocycles. The summed E-state index contributed by atoms with van der Waals surface area (Å²) in [5.74, 6) is 0.756. The molecule has 5 heteroatoms. The molecule has 0 radical (unpaired) electrons. The average molecular weight is 405 g/mol. The van der Waals surface area contributed by atoms with Crippen LogP contribution in [-0.4, -0.2) is 16.5 Å². The first kappa shape index (κ1) is 19.6. The lowest BCUT2D eigenvalue weighted by Gasteiger charge is -2.17. The number of nitrogens with zero attached hydrogens (tertiary/aromatic N) is 1. The number of aromatic amines is 1. The van der Waals surface area contributed by atoms with E-state index in [2.05, 4.69) is 74.3 Å². The van der Waals surface area contributed by atoms with Crippen molar-refractivity contribution >= 4 is 21.6 Å². The zero-order chi connectivity index (χ0) is 20.4. The topological polar surface area (TPSA) is 50.2 Å². The van der Waals surface area contributed by atoms with Crippen LogP contribution >= 0.6 is 11.3 Å². The first-order valence-electron chi connectivity index (χ1n) is 10.0. The van der Waals surface area contributed by atoms with Gasteiger partial charge >= 0.3 is 0 Å². The van der Waals surface area contributed by atoms with Crippen molar-refractivity contribution < 1.29 is 4.90 Å². The fraction of sp³-hybridized carbons (Fsp3) is 0.250. The molecule has 1 atom stereocenters. The zero-order valence-corrected chi connectivity index (χ0v) is 17.9. The molecule has 4 nitrogen and oxygen atoms in total. The Morgan fingerprint density at radius 2 is 1.72 bits per heavy atom. The number of fused-ring (bicyclic) bond motifs is 1. The van der Waals surface area contributed by atoms with Crippen LogP contribution in [0.4, 0.5) is 0 Å². The van der Waals surface area contributed by atoms with E-state index in [-0.39, 0.29) is 5.56 Å². The lowest BCUT2D eigenvalue weighted by Crippen LogP contribution is -3.09. The van der Waals surface area contributed by atoms with Crippen LogP contribution in [0.3, 0.4) is 0 Å². The molecule has 2 N–H and O–H groups in total. The molecule has 0 amide bonds. The maximum absolute atomic E-state index is 13.0. The first-order valence-corrected chi connectivity index (χ1v) is 10.8. The highest BCUT2D eigenvalue weighted by molar-refractivity contribution is 7.19. The number of benzene rings is 2. The number of aromatic nitrogens is 2. The summed E-state index contributed by atoms with van der Waals surface area (Å²) >= 11 is 1.60. The van der Waals surface area contributed by atoms with E-state index in [0.29, 0.717) is 11.9 Å². The van der Waals surface area contributed by atoms with Crippen molar-refractivity contribution in [3.63, 3.8) is 0 Å². The third kappa shape index (κ3) is 4.16. The molecule has 1 unspecified atom stereocenters. The van der Waals surface area contributed by atoms with Crippen LogP contribution in [0.2, 0.25) is 0 Å². The summed E-state index contributed by atoms with van der Waals surface area (Å²) in [5.41, 5.74) is 4.54. The summed E-state index contributed by atoms with van der Waals surface area (Å²) in [6.07, 6.45) is 0. The lowest BCUT2D eigenvalue weighted by molar-refractivity contribution is -0.926. The maximum Gasteiger partial charge on any atom is 0.260 e. The van der Waals surface area contributed by atoms with Crippen LogP contribution < -0.4 is 10.5 Å².